The summed E-state index contributed by atoms with van der Waals surface area (Å²) < 4.78 is 46.1. The fraction of sp³-hybridized carbons (Fsp3) is 0.412. The van der Waals surface area contributed by atoms with E-state index in [4.69, 9.17) is 4.74 Å². The molecule has 1 aromatic carbocycles. The van der Waals surface area contributed by atoms with Crippen molar-refractivity contribution in [2.24, 2.45) is 0 Å². The first-order chi connectivity index (χ1) is 10.5. The molecule has 0 unspecified atom stereocenters. The molecule has 0 heterocycles. The fourth-order valence-corrected chi connectivity index (χ4v) is 2.14. The van der Waals surface area contributed by atoms with Crippen molar-refractivity contribution in [1.29, 1.82) is 0 Å². The van der Waals surface area contributed by atoms with E-state index in [0.717, 1.165) is 5.56 Å². The highest BCUT2D eigenvalue weighted by Gasteiger charge is 2.32. The minimum Gasteiger partial charge on any atom is -0.504 e. The maximum absolute atomic E-state index is 12.2. The van der Waals surface area contributed by atoms with Gasteiger partial charge < -0.3 is 14.6 Å². The van der Waals surface area contributed by atoms with Crippen LogP contribution in [0.4, 0.5) is 13.2 Å². The largest absolute Gasteiger partial charge is 0.573 e. The van der Waals surface area contributed by atoms with Crippen molar-refractivity contribution >= 4 is 0 Å². The summed E-state index contributed by atoms with van der Waals surface area (Å²) in [5.74, 6) is 0.166. The lowest BCUT2D eigenvalue weighted by atomic mass is 9.87. The number of hydrogen-bond donors (Lipinski definition) is 1. The number of phenolic OH excluding ortho intramolecular Hbond substituents is 1. The monoisotopic (exact) mass is 328 g/mol. The quantitative estimate of drug-likeness (QED) is 0.832. The number of ether oxygens (including phenoxy) is 2. The summed E-state index contributed by atoms with van der Waals surface area (Å²) in [5.41, 5.74) is 0.803. The summed E-state index contributed by atoms with van der Waals surface area (Å²) >= 11 is 0. The van der Waals surface area contributed by atoms with Gasteiger partial charge in [0, 0.05) is 12.5 Å². The van der Waals surface area contributed by atoms with E-state index in [9.17, 15) is 18.3 Å². The Morgan fingerprint density at radius 2 is 1.83 bits per heavy atom. The van der Waals surface area contributed by atoms with Gasteiger partial charge in [0.15, 0.2) is 11.5 Å². The maximum Gasteiger partial charge on any atom is 0.573 e. The molecule has 1 N–H and O–H groups in total. The van der Waals surface area contributed by atoms with Gasteiger partial charge in [-0.05, 0) is 35.6 Å². The second-order valence-electron chi connectivity index (χ2n) is 6.34. The predicted molar refractivity (Wildman–Crippen MR) is 80.0 cm³/mol. The zero-order chi connectivity index (χ0) is 17.3. The van der Waals surface area contributed by atoms with Gasteiger partial charge in [-0.1, -0.05) is 26.8 Å². The van der Waals surface area contributed by atoms with Crippen molar-refractivity contribution < 1.29 is 27.8 Å². The predicted octanol–water partition coefficient (Wildman–Crippen LogP) is 5.17. The zero-order valence-corrected chi connectivity index (χ0v) is 13.2. The third-order valence-electron chi connectivity index (χ3n) is 3.34. The molecule has 0 bridgehead atoms. The molecule has 0 aliphatic heterocycles. The Labute approximate surface area is 133 Å². The molecule has 1 aliphatic rings. The number of phenols is 1. The lowest BCUT2D eigenvalue weighted by Crippen LogP contribution is -2.14. The van der Waals surface area contributed by atoms with Gasteiger partial charge in [-0.3, -0.25) is 0 Å². The SMILES string of the molecule is CC(C)(C)c1ccc(OC2=CC(OC(F)(F)F)=CCC2)c(O)c1. The van der Waals surface area contributed by atoms with Crippen LogP contribution in [-0.4, -0.2) is 11.5 Å². The fourth-order valence-electron chi connectivity index (χ4n) is 2.14. The molecule has 0 saturated heterocycles. The van der Waals surface area contributed by atoms with E-state index in [-0.39, 0.29) is 22.7 Å². The van der Waals surface area contributed by atoms with Crippen molar-refractivity contribution in [3.63, 3.8) is 0 Å². The van der Waals surface area contributed by atoms with Crippen molar-refractivity contribution in [2.75, 3.05) is 0 Å². The first-order valence-corrected chi connectivity index (χ1v) is 7.22. The Hall–Kier alpha value is -2.11. The van der Waals surface area contributed by atoms with E-state index in [0.29, 0.717) is 18.6 Å². The number of halogens is 3. The maximum atomic E-state index is 12.2. The Morgan fingerprint density at radius 3 is 2.39 bits per heavy atom. The molecular weight excluding hydrogens is 309 g/mol. The first kappa shape index (κ1) is 17.2. The van der Waals surface area contributed by atoms with Crippen molar-refractivity contribution in [3.8, 4) is 11.5 Å². The Morgan fingerprint density at radius 1 is 1.13 bits per heavy atom. The molecule has 1 aromatic rings. The summed E-state index contributed by atoms with van der Waals surface area (Å²) in [6, 6.07) is 5.03. The van der Waals surface area contributed by atoms with Crippen LogP contribution in [0.1, 0.15) is 39.2 Å². The number of benzene rings is 1. The lowest BCUT2D eigenvalue weighted by Gasteiger charge is -2.21. The molecule has 0 fully saturated rings. The summed E-state index contributed by atoms with van der Waals surface area (Å²) in [6.45, 7) is 6.03. The van der Waals surface area contributed by atoms with Gasteiger partial charge in [0.05, 0.1) is 0 Å². The number of alkyl halides is 3. The van der Waals surface area contributed by atoms with Crippen molar-refractivity contribution in [2.45, 2.75) is 45.4 Å². The second-order valence-corrected chi connectivity index (χ2v) is 6.34. The van der Waals surface area contributed by atoms with Crippen molar-refractivity contribution in [1.82, 2.24) is 0 Å². The smallest absolute Gasteiger partial charge is 0.504 e. The van der Waals surface area contributed by atoms with Gasteiger partial charge in [0.2, 0.25) is 0 Å². The van der Waals surface area contributed by atoms with E-state index >= 15 is 0 Å². The molecule has 0 radical (unpaired) electrons. The number of rotatable bonds is 3. The highest BCUT2D eigenvalue weighted by atomic mass is 19.4. The van der Waals surface area contributed by atoms with Crippen LogP contribution < -0.4 is 4.74 Å². The summed E-state index contributed by atoms with van der Waals surface area (Å²) in [7, 11) is 0. The molecule has 0 aromatic heterocycles. The summed E-state index contributed by atoms with van der Waals surface area (Å²) in [5, 5.41) is 10.1. The average molecular weight is 328 g/mol. The number of hydrogen-bond acceptors (Lipinski definition) is 3. The molecule has 126 valence electrons. The van der Waals surface area contributed by atoms with E-state index < -0.39 is 6.36 Å². The van der Waals surface area contributed by atoms with Gasteiger partial charge in [0.25, 0.3) is 0 Å². The van der Waals surface area contributed by atoms with Gasteiger partial charge in [-0.2, -0.15) is 0 Å². The third-order valence-corrected chi connectivity index (χ3v) is 3.34. The molecule has 3 nitrogen and oxygen atoms in total. The molecule has 2 rings (SSSR count). The van der Waals surface area contributed by atoms with Crippen LogP contribution >= 0.6 is 0 Å². The van der Waals surface area contributed by atoms with E-state index in [1.54, 1.807) is 12.1 Å². The molecule has 0 amide bonds. The van der Waals surface area contributed by atoms with Crippen LogP contribution in [0.2, 0.25) is 0 Å². The second kappa shape index (κ2) is 6.18. The van der Waals surface area contributed by atoms with Gasteiger partial charge in [0.1, 0.15) is 11.5 Å². The van der Waals surface area contributed by atoms with E-state index in [1.807, 2.05) is 26.8 Å². The Balaban J connectivity index is 2.15. The number of aromatic hydroxyl groups is 1. The minimum atomic E-state index is -4.73. The summed E-state index contributed by atoms with van der Waals surface area (Å²) in [6.07, 6.45) is -1.39. The van der Waals surface area contributed by atoms with Crippen LogP contribution in [0.15, 0.2) is 41.9 Å². The molecule has 1 aliphatic carbocycles. The van der Waals surface area contributed by atoms with Crippen molar-refractivity contribution in [3.05, 3.63) is 47.4 Å². The van der Waals surface area contributed by atoms with Crippen LogP contribution in [-0.2, 0) is 10.2 Å². The summed E-state index contributed by atoms with van der Waals surface area (Å²) in [4.78, 5) is 0. The van der Waals surface area contributed by atoms with Crippen LogP contribution in [0.3, 0.4) is 0 Å². The Bertz CT molecular complexity index is 637. The first-order valence-electron chi connectivity index (χ1n) is 7.22. The van der Waals surface area contributed by atoms with Crippen LogP contribution in [0.25, 0.3) is 0 Å². The average Bonchev–Trinajstić information content (AvgIpc) is 2.38. The topological polar surface area (TPSA) is 38.7 Å². The Kier molecular flexibility index (Phi) is 4.63. The molecule has 0 spiro atoms. The highest BCUT2D eigenvalue weighted by Crippen LogP contribution is 2.35. The normalized spacial score (nSPS) is 15.7. The molecule has 6 heteroatoms. The van der Waals surface area contributed by atoms with E-state index in [2.05, 4.69) is 4.74 Å². The standard InChI is InChI=1S/C17H19F3O3/c1-16(2,3)11-7-8-15(14(21)9-11)22-12-5-4-6-13(10-12)23-17(18,19)20/h6-10,21H,4-5H2,1-3H3. The van der Waals surface area contributed by atoms with Crippen LogP contribution in [0, 0.1) is 0 Å². The highest BCUT2D eigenvalue weighted by molar-refractivity contribution is 5.44. The molecule has 0 saturated carbocycles. The minimum absolute atomic E-state index is 0.0498. The van der Waals surface area contributed by atoms with Crippen LogP contribution in [0.5, 0.6) is 11.5 Å². The van der Waals surface area contributed by atoms with Gasteiger partial charge in [-0.25, -0.2) is 0 Å². The molecule has 0 atom stereocenters. The third kappa shape index (κ3) is 4.94. The lowest BCUT2D eigenvalue weighted by molar-refractivity contribution is -0.303. The zero-order valence-electron chi connectivity index (χ0n) is 13.2. The number of allylic oxidation sites excluding steroid dienone is 3. The van der Waals surface area contributed by atoms with Gasteiger partial charge in [-0.15, -0.1) is 13.2 Å². The van der Waals surface area contributed by atoms with Gasteiger partial charge >= 0.3 is 6.36 Å². The molecular formula is C17H19F3O3. The molecule has 23 heavy (non-hydrogen) atoms. The van der Waals surface area contributed by atoms with E-state index in [1.165, 1.54) is 12.2 Å².